The predicted octanol–water partition coefficient (Wildman–Crippen LogP) is 1.71. The van der Waals surface area contributed by atoms with E-state index in [1.54, 1.807) is 10.9 Å². The van der Waals surface area contributed by atoms with Crippen LogP contribution in [0.4, 0.5) is 5.95 Å². The quantitative estimate of drug-likeness (QED) is 0.856. The number of nitrogens with one attached hydrogen (secondary N) is 1. The highest BCUT2D eigenvalue weighted by atomic mass is 16.5. The Labute approximate surface area is 147 Å². The van der Waals surface area contributed by atoms with Gasteiger partial charge in [0.1, 0.15) is 0 Å². The molecular formula is C17H26N6O2. The van der Waals surface area contributed by atoms with Crippen LogP contribution in [0.5, 0.6) is 0 Å². The van der Waals surface area contributed by atoms with E-state index in [0.29, 0.717) is 29.9 Å². The highest BCUT2D eigenvalue weighted by Crippen LogP contribution is 2.21. The average molecular weight is 346 g/mol. The van der Waals surface area contributed by atoms with Crippen LogP contribution in [-0.4, -0.2) is 45.5 Å². The molecule has 8 heteroatoms. The molecule has 0 bridgehead atoms. The normalized spacial score (nSPS) is 17.7. The Hall–Kier alpha value is -2.38. The maximum Gasteiger partial charge on any atom is 0.266 e. The minimum absolute atomic E-state index is 0.0625. The molecule has 1 N–H and O–H groups in total. The monoisotopic (exact) mass is 346 g/mol. The van der Waals surface area contributed by atoms with Gasteiger partial charge in [-0.25, -0.2) is 0 Å². The number of hydrogen-bond acceptors (Lipinski definition) is 6. The number of hydrogen-bond donors (Lipinski definition) is 1. The van der Waals surface area contributed by atoms with E-state index in [0.717, 1.165) is 44.5 Å². The number of amides is 1. The van der Waals surface area contributed by atoms with Crippen LogP contribution < -0.4 is 10.2 Å². The molecule has 1 unspecified atom stereocenters. The van der Waals surface area contributed by atoms with Crippen molar-refractivity contribution in [3.05, 3.63) is 23.3 Å². The maximum atomic E-state index is 12.3. The van der Waals surface area contributed by atoms with Crippen molar-refractivity contribution in [2.24, 2.45) is 13.0 Å². The fourth-order valence-electron chi connectivity index (χ4n) is 3.16. The van der Waals surface area contributed by atoms with Gasteiger partial charge in [0, 0.05) is 38.8 Å². The molecule has 3 rings (SSSR count). The molecule has 0 saturated carbocycles. The van der Waals surface area contributed by atoms with Gasteiger partial charge in [-0.1, -0.05) is 6.92 Å². The summed E-state index contributed by atoms with van der Waals surface area (Å²) >= 11 is 0. The molecule has 1 aliphatic rings. The SMILES string of the molecule is CCCc1nc(N2CCCC(CNC(=O)c3cnn(C)c3C)C2)no1. The maximum absolute atomic E-state index is 12.3. The van der Waals surface area contributed by atoms with Gasteiger partial charge in [0.2, 0.25) is 5.89 Å². The number of rotatable bonds is 6. The summed E-state index contributed by atoms with van der Waals surface area (Å²) in [6.07, 6.45) is 5.56. The Morgan fingerprint density at radius 2 is 2.32 bits per heavy atom. The minimum Gasteiger partial charge on any atom is -0.352 e. The summed E-state index contributed by atoms with van der Waals surface area (Å²) in [6, 6.07) is 0. The summed E-state index contributed by atoms with van der Waals surface area (Å²) < 4.78 is 6.99. The molecule has 1 amide bonds. The van der Waals surface area contributed by atoms with Gasteiger partial charge in [-0.15, -0.1) is 0 Å². The first kappa shape index (κ1) is 17.4. The summed E-state index contributed by atoms with van der Waals surface area (Å²) in [4.78, 5) is 18.9. The Morgan fingerprint density at radius 1 is 1.48 bits per heavy atom. The van der Waals surface area contributed by atoms with E-state index in [1.807, 2.05) is 14.0 Å². The van der Waals surface area contributed by atoms with Crippen molar-refractivity contribution in [1.82, 2.24) is 25.2 Å². The lowest BCUT2D eigenvalue weighted by atomic mass is 9.98. The van der Waals surface area contributed by atoms with Crippen molar-refractivity contribution in [3.8, 4) is 0 Å². The second-order valence-corrected chi connectivity index (χ2v) is 6.67. The molecule has 0 aliphatic carbocycles. The average Bonchev–Trinajstić information content (AvgIpc) is 3.21. The van der Waals surface area contributed by atoms with Crippen molar-refractivity contribution >= 4 is 11.9 Å². The van der Waals surface area contributed by atoms with Crippen molar-refractivity contribution in [2.45, 2.75) is 39.5 Å². The van der Waals surface area contributed by atoms with Crippen molar-refractivity contribution < 1.29 is 9.32 Å². The van der Waals surface area contributed by atoms with Crippen LogP contribution >= 0.6 is 0 Å². The fourth-order valence-corrected chi connectivity index (χ4v) is 3.16. The van der Waals surface area contributed by atoms with Crippen molar-refractivity contribution in [3.63, 3.8) is 0 Å². The number of piperidine rings is 1. The standard InChI is InChI=1S/C17H26N6O2/c1-4-6-15-20-17(21-25-15)23-8-5-7-13(11-23)9-18-16(24)14-10-19-22(3)12(14)2/h10,13H,4-9,11H2,1-3H3,(H,18,24). The molecule has 1 saturated heterocycles. The molecule has 2 aromatic heterocycles. The summed E-state index contributed by atoms with van der Waals surface area (Å²) in [5.41, 5.74) is 1.51. The zero-order valence-corrected chi connectivity index (χ0v) is 15.2. The van der Waals surface area contributed by atoms with E-state index in [1.165, 1.54) is 0 Å². The first-order chi connectivity index (χ1) is 12.1. The Morgan fingerprint density at radius 3 is 3.04 bits per heavy atom. The minimum atomic E-state index is -0.0625. The lowest BCUT2D eigenvalue weighted by molar-refractivity contribution is 0.0945. The lowest BCUT2D eigenvalue weighted by Crippen LogP contribution is -2.41. The third-order valence-electron chi connectivity index (χ3n) is 4.75. The van der Waals surface area contributed by atoms with Crippen LogP contribution in [0.25, 0.3) is 0 Å². The third-order valence-corrected chi connectivity index (χ3v) is 4.75. The van der Waals surface area contributed by atoms with E-state index < -0.39 is 0 Å². The number of aryl methyl sites for hydroxylation is 2. The van der Waals surface area contributed by atoms with E-state index in [2.05, 4.69) is 32.4 Å². The van der Waals surface area contributed by atoms with Crippen LogP contribution in [0.1, 0.15) is 48.1 Å². The molecule has 8 nitrogen and oxygen atoms in total. The van der Waals surface area contributed by atoms with Gasteiger partial charge >= 0.3 is 0 Å². The van der Waals surface area contributed by atoms with Gasteiger partial charge < -0.3 is 14.7 Å². The summed E-state index contributed by atoms with van der Waals surface area (Å²) in [5, 5.41) is 11.3. The van der Waals surface area contributed by atoms with Crippen LogP contribution in [0.2, 0.25) is 0 Å². The molecular weight excluding hydrogens is 320 g/mol. The molecule has 0 spiro atoms. The van der Waals surface area contributed by atoms with E-state index in [4.69, 9.17) is 4.52 Å². The summed E-state index contributed by atoms with van der Waals surface area (Å²) in [7, 11) is 1.84. The second kappa shape index (κ2) is 7.67. The molecule has 136 valence electrons. The van der Waals surface area contributed by atoms with Crippen LogP contribution in [0, 0.1) is 12.8 Å². The fraction of sp³-hybridized carbons (Fsp3) is 0.647. The summed E-state index contributed by atoms with van der Waals surface area (Å²) in [6.45, 7) is 6.39. The zero-order valence-electron chi connectivity index (χ0n) is 15.2. The molecule has 1 atom stereocenters. The summed E-state index contributed by atoms with van der Waals surface area (Å²) in [5.74, 6) is 1.68. The van der Waals surface area contributed by atoms with Gasteiger partial charge in [0.05, 0.1) is 11.8 Å². The zero-order chi connectivity index (χ0) is 17.8. The smallest absolute Gasteiger partial charge is 0.266 e. The van der Waals surface area contributed by atoms with Crippen molar-refractivity contribution in [2.75, 3.05) is 24.5 Å². The Bertz CT molecular complexity index is 723. The van der Waals surface area contributed by atoms with E-state index >= 15 is 0 Å². The van der Waals surface area contributed by atoms with E-state index in [-0.39, 0.29) is 5.91 Å². The largest absolute Gasteiger partial charge is 0.352 e. The molecule has 1 aliphatic heterocycles. The van der Waals surface area contributed by atoms with Crippen LogP contribution in [-0.2, 0) is 13.5 Å². The van der Waals surface area contributed by atoms with Gasteiger partial charge in [0.25, 0.3) is 11.9 Å². The van der Waals surface area contributed by atoms with Gasteiger partial charge in [-0.3, -0.25) is 9.48 Å². The number of anilines is 1. The second-order valence-electron chi connectivity index (χ2n) is 6.67. The highest BCUT2D eigenvalue weighted by molar-refractivity contribution is 5.95. The molecule has 2 aromatic rings. The molecule has 0 aromatic carbocycles. The molecule has 25 heavy (non-hydrogen) atoms. The predicted molar refractivity (Wildman–Crippen MR) is 93.5 cm³/mol. The Kier molecular flexibility index (Phi) is 5.35. The first-order valence-corrected chi connectivity index (χ1v) is 8.92. The number of carbonyl (C=O) groups excluding carboxylic acids is 1. The van der Waals surface area contributed by atoms with E-state index in [9.17, 15) is 4.79 Å². The number of carbonyl (C=O) groups is 1. The van der Waals surface area contributed by atoms with Crippen LogP contribution in [0.3, 0.4) is 0 Å². The topological polar surface area (TPSA) is 89.1 Å². The van der Waals surface area contributed by atoms with Crippen LogP contribution in [0.15, 0.2) is 10.7 Å². The molecule has 3 heterocycles. The van der Waals surface area contributed by atoms with Gasteiger partial charge in [-0.2, -0.15) is 10.1 Å². The number of aromatic nitrogens is 4. The number of nitrogens with zero attached hydrogens (tertiary/aromatic N) is 5. The third kappa shape index (κ3) is 4.00. The Balaban J connectivity index is 1.54. The van der Waals surface area contributed by atoms with Gasteiger partial charge in [0.15, 0.2) is 0 Å². The lowest BCUT2D eigenvalue weighted by Gasteiger charge is -2.31. The molecule has 1 fully saturated rings. The first-order valence-electron chi connectivity index (χ1n) is 8.92. The molecule has 0 radical (unpaired) electrons. The van der Waals surface area contributed by atoms with Gasteiger partial charge in [-0.05, 0) is 37.3 Å². The van der Waals surface area contributed by atoms with Crippen molar-refractivity contribution in [1.29, 1.82) is 0 Å². The highest BCUT2D eigenvalue weighted by Gasteiger charge is 2.24.